The van der Waals surface area contributed by atoms with Gasteiger partial charge >= 0.3 is 0 Å². The molecule has 0 radical (unpaired) electrons. The summed E-state index contributed by atoms with van der Waals surface area (Å²) < 4.78 is 1.48. The van der Waals surface area contributed by atoms with Gasteiger partial charge in [0.05, 0.1) is 0 Å². The maximum absolute atomic E-state index is 12.0. The Morgan fingerprint density at radius 1 is 1.32 bits per heavy atom. The Bertz CT molecular complexity index is 677. The van der Waals surface area contributed by atoms with Gasteiger partial charge in [-0.1, -0.05) is 23.3 Å². The van der Waals surface area contributed by atoms with Crippen LogP contribution in [0, 0.1) is 0 Å². The molecule has 0 aliphatic rings. The molecule has 0 spiro atoms. The van der Waals surface area contributed by atoms with E-state index >= 15 is 0 Å². The molecule has 6 heteroatoms. The predicted molar refractivity (Wildman–Crippen MR) is 85.5 cm³/mol. The first-order valence-corrected chi connectivity index (χ1v) is 7.31. The molecule has 6 nitrogen and oxygen atoms in total. The van der Waals surface area contributed by atoms with Crippen LogP contribution in [-0.2, 0) is 0 Å². The van der Waals surface area contributed by atoms with Crippen LogP contribution in [0.2, 0.25) is 0 Å². The maximum atomic E-state index is 12.0. The van der Waals surface area contributed by atoms with E-state index in [0.717, 1.165) is 12.8 Å². The zero-order valence-corrected chi connectivity index (χ0v) is 13.2. The van der Waals surface area contributed by atoms with Crippen molar-refractivity contribution in [1.29, 1.82) is 0 Å². The average molecular weight is 299 g/mol. The fourth-order valence-corrected chi connectivity index (χ4v) is 1.92. The van der Waals surface area contributed by atoms with E-state index < -0.39 is 0 Å². The molecule has 0 atom stereocenters. The van der Waals surface area contributed by atoms with Crippen LogP contribution in [0.1, 0.15) is 44.2 Å². The minimum absolute atomic E-state index is 0.134. The summed E-state index contributed by atoms with van der Waals surface area (Å²) in [5.74, 6) is 0.259. The SMILES string of the molecule is CC(C)=CCC/C(C)=C/CNC(=O)c1nc2ncccn2n1. The molecule has 0 aliphatic heterocycles. The smallest absolute Gasteiger partial charge is 0.291 e. The summed E-state index contributed by atoms with van der Waals surface area (Å²) in [5.41, 5.74) is 2.58. The minimum Gasteiger partial charge on any atom is -0.346 e. The van der Waals surface area contributed by atoms with Gasteiger partial charge in [-0.3, -0.25) is 4.79 Å². The predicted octanol–water partition coefficient (Wildman–Crippen LogP) is 2.55. The second-order valence-electron chi connectivity index (χ2n) is 5.38. The highest BCUT2D eigenvalue weighted by Crippen LogP contribution is 2.06. The van der Waals surface area contributed by atoms with Crippen LogP contribution in [0.3, 0.4) is 0 Å². The summed E-state index contributed by atoms with van der Waals surface area (Å²) >= 11 is 0. The molecule has 22 heavy (non-hydrogen) atoms. The molecule has 2 heterocycles. The van der Waals surface area contributed by atoms with E-state index in [-0.39, 0.29) is 11.7 Å². The molecule has 1 amide bonds. The van der Waals surface area contributed by atoms with E-state index in [1.807, 2.05) is 6.08 Å². The zero-order chi connectivity index (χ0) is 15.9. The highest BCUT2D eigenvalue weighted by atomic mass is 16.2. The topological polar surface area (TPSA) is 72.2 Å². The Hall–Kier alpha value is -2.50. The Morgan fingerprint density at radius 3 is 2.86 bits per heavy atom. The van der Waals surface area contributed by atoms with E-state index in [4.69, 9.17) is 0 Å². The Kier molecular flexibility index (Phi) is 5.41. The monoisotopic (exact) mass is 299 g/mol. The highest BCUT2D eigenvalue weighted by Gasteiger charge is 2.11. The van der Waals surface area contributed by atoms with Gasteiger partial charge in [0, 0.05) is 18.9 Å². The molecule has 2 aromatic rings. The number of allylic oxidation sites excluding steroid dienone is 3. The lowest BCUT2D eigenvalue weighted by molar-refractivity contribution is 0.0948. The molecule has 0 saturated heterocycles. The highest BCUT2D eigenvalue weighted by molar-refractivity contribution is 5.90. The number of aromatic nitrogens is 4. The van der Waals surface area contributed by atoms with Crippen LogP contribution < -0.4 is 5.32 Å². The Morgan fingerprint density at radius 2 is 2.14 bits per heavy atom. The van der Waals surface area contributed by atoms with Gasteiger partial charge in [0.15, 0.2) is 0 Å². The van der Waals surface area contributed by atoms with Crippen molar-refractivity contribution in [2.75, 3.05) is 6.54 Å². The van der Waals surface area contributed by atoms with Gasteiger partial charge in [-0.2, -0.15) is 4.98 Å². The quantitative estimate of drug-likeness (QED) is 0.832. The molecule has 0 bridgehead atoms. The first-order chi connectivity index (χ1) is 10.6. The standard InChI is InChI=1S/C16H21N5O/c1-12(2)6-4-7-13(3)8-10-17-15(22)14-19-16-18-9-5-11-21(16)20-14/h5-6,8-9,11H,4,7,10H2,1-3H3,(H,17,22)/b13-8+. The number of rotatable bonds is 6. The van der Waals surface area contributed by atoms with Crippen LogP contribution in [0.5, 0.6) is 0 Å². The fraction of sp³-hybridized carbons (Fsp3) is 0.375. The van der Waals surface area contributed by atoms with Crippen molar-refractivity contribution in [1.82, 2.24) is 24.9 Å². The van der Waals surface area contributed by atoms with Gasteiger partial charge in [-0.05, 0) is 39.7 Å². The Labute approximate surface area is 130 Å². The van der Waals surface area contributed by atoms with E-state index in [2.05, 4.69) is 47.2 Å². The van der Waals surface area contributed by atoms with Crippen LogP contribution in [0.15, 0.2) is 41.8 Å². The molecule has 116 valence electrons. The third kappa shape index (κ3) is 4.51. The van der Waals surface area contributed by atoms with Crippen molar-refractivity contribution in [3.8, 4) is 0 Å². The summed E-state index contributed by atoms with van der Waals surface area (Å²) in [7, 11) is 0. The van der Waals surface area contributed by atoms with Crippen LogP contribution >= 0.6 is 0 Å². The molecule has 0 aliphatic carbocycles. The number of nitrogens with one attached hydrogen (secondary N) is 1. The molecule has 0 unspecified atom stereocenters. The maximum Gasteiger partial charge on any atom is 0.291 e. The molecule has 1 N–H and O–H groups in total. The van der Waals surface area contributed by atoms with E-state index in [1.165, 1.54) is 15.7 Å². The number of carbonyl (C=O) groups is 1. The van der Waals surface area contributed by atoms with Crippen molar-refractivity contribution < 1.29 is 4.79 Å². The van der Waals surface area contributed by atoms with Gasteiger partial charge in [0.25, 0.3) is 11.7 Å². The van der Waals surface area contributed by atoms with Crippen LogP contribution in [0.25, 0.3) is 5.78 Å². The third-order valence-electron chi connectivity index (χ3n) is 3.12. The van der Waals surface area contributed by atoms with Gasteiger partial charge in [-0.15, -0.1) is 5.10 Å². The number of hydrogen-bond donors (Lipinski definition) is 1. The normalized spacial score (nSPS) is 11.5. The molecular weight excluding hydrogens is 278 g/mol. The Balaban J connectivity index is 1.85. The van der Waals surface area contributed by atoms with Crippen molar-refractivity contribution >= 4 is 11.7 Å². The lowest BCUT2D eigenvalue weighted by Crippen LogP contribution is -2.24. The lowest BCUT2D eigenvalue weighted by atomic mass is 10.1. The average Bonchev–Trinajstić information content (AvgIpc) is 2.90. The first kappa shape index (κ1) is 15.9. The van der Waals surface area contributed by atoms with Gasteiger partial charge in [-0.25, -0.2) is 9.50 Å². The van der Waals surface area contributed by atoms with Crippen molar-refractivity contribution in [3.63, 3.8) is 0 Å². The van der Waals surface area contributed by atoms with Crippen LogP contribution in [-0.4, -0.2) is 32.0 Å². The number of carbonyl (C=O) groups excluding carboxylic acids is 1. The number of amides is 1. The molecular formula is C16H21N5O. The third-order valence-corrected chi connectivity index (χ3v) is 3.12. The van der Waals surface area contributed by atoms with E-state index in [0.29, 0.717) is 12.3 Å². The van der Waals surface area contributed by atoms with E-state index in [1.54, 1.807) is 18.5 Å². The molecule has 0 saturated carbocycles. The number of nitrogens with zero attached hydrogens (tertiary/aromatic N) is 4. The largest absolute Gasteiger partial charge is 0.346 e. The van der Waals surface area contributed by atoms with Crippen molar-refractivity contribution in [2.24, 2.45) is 0 Å². The molecule has 0 aromatic carbocycles. The summed E-state index contributed by atoms with van der Waals surface area (Å²) in [4.78, 5) is 20.1. The van der Waals surface area contributed by atoms with Gasteiger partial charge < -0.3 is 5.32 Å². The lowest BCUT2D eigenvalue weighted by Gasteiger charge is -2.01. The first-order valence-electron chi connectivity index (χ1n) is 7.31. The molecule has 0 fully saturated rings. The van der Waals surface area contributed by atoms with Crippen molar-refractivity contribution in [2.45, 2.75) is 33.6 Å². The molecule has 2 aromatic heterocycles. The minimum atomic E-state index is -0.293. The summed E-state index contributed by atoms with van der Waals surface area (Å²) in [6.45, 7) is 6.73. The summed E-state index contributed by atoms with van der Waals surface area (Å²) in [6, 6.07) is 1.74. The zero-order valence-electron chi connectivity index (χ0n) is 13.2. The molecule has 2 rings (SSSR count). The second kappa shape index (κ2) is 7.49. The number of fused-ring (bicyclic) bond motifs is 1. The second-order valence-corrected chi connectivity index (χ2v) is 5.38. The van der Waals surface area contributed by atoms with Gasteiger partial charge in [0.1, 0.15) is 0 Å². The number of hydrogen-bond acceptors (Lipinski definition) is 4. The van der Waals surface area contributed by atoms with Crippen molar-refractivity contribution in [3.05, 3.63) is 47.6 Å². The van der Waals surface area contributed by atoms with Gasteiger partial charge in [0.2, 0.25) is 5.82 Å². The van der Waals surface area contributed by atoms with E-state index in [9.17, 15) is 4.79 Å². The summed E-state index contributed by atoms with van der Waals surface area (Å²) in [6.07, 6.45) is 9.58. The summed E-state index contributed by atoms with van der Waals surface area (Å²) in [5, 5.41) is 6.88. The fourth-order valence-electron chi connectivity index (χ4n) is 1.92. The van der Waals surface area contributed by atoms with Crippen LogP contribution in [0.4, 0.5) is 0 Å².